The number of rotatable bonds is 3. The van der Waals surface area contributed by atoms with Gasteiger partial charge in [-0.05, 0) is 38.6 Å². The van der Waals surface area contributed by atoms with E-state index in [9.17, 15) is 0 Å². The number of fused-ring (bicyclic) bond motifs is 1. The van der Waals surface area contributed by atoms with Crippen molar-refractivity contribution in [2.24, 2.45) is 5.73 Å². The Kier molecular flexibility index (Phi) is 3.24. The first-order chi connectivity index (χ1) is 8.34. The molecule has 1 aliphatic carbocycles. The molecule has 0 radical (unpaired) electrons. The van der Waals surface area contributed by atoms with Crippen LogP contribution in [0.25, 0.3) is 0 Å². The van der Waals surface area contributed by atoms with Crippen molar-refractivity contribution in [3.8, 4) is 0 Å². The minimum Gasteiger partial charge on any atom is -0.329 e. The van der Waals surface area contributed by atoms with Gasteiger partial charge < -0.3 is 11.1 Å². The van der Waals surface area contributed by atoms with Crippen LogP contribution in [0, 0.1) is 0 Å². The third-order valence-corrected chi connectivity index (χ3v) is 4.96. The zero-order valence-electron chi connectivity index (χ0n) is 10.7. The lowest BCUT2D eigenvalue weighted by Gasteiger charge is -2.42. The first kappa shape index (κ1) is 11.7. The monoisotopic (exact) mass is 235 g/mol. The van der Waals surface area contributed by atoms with E-state index in [1.54, 1.807) is 0 Å². The van der Waals surface area contributed by atoms with E-state index in [-0.39, 0.29) is 5.54 Å². The lowest BCUT2D eigenvalue weighted by molar-refractivity contribution is 0.133. The van der Waals surface area contributed by atoms with Crippen LogP contribution in [0.3, 0.4) is 0 Å². The van der Waals surface area contributed by atoms with Crippen LogP contribution in [-0.4, -0.2) is 42.2 Å². The molecule has 96 valence electrons. The lowest BCUT2D eigenvalue weighted by atomic mass is 9.84. The van der Waals surface area contributed by atoms with Crippen LogP contribution in [0.4, 0.5) is 0 Å². The van der Waals surface area contributed by atoms with Crippen LogP contribution in [0.5, 0.6) is 0 Å². The molecule has 3 nitrogen and oxygen atoms in total. The van der Waals surface area contributed by atoms with E-state index in [0.717, 1.165) is 6.54 Å². The van der Waals surface area contributed by atoms with Crippen molar-refractivity contribution in [3.05, 3.63) is 12.2 Å². The van der Waals surface area contributed by atoms with Crippen LogP contribution >= 0.6 is 0 Å². The molecule has 0 saturated carbocycles. The molecule has 0 bridgehead atoms. The van der Waals surface area contributed by atoms with E-state index in [2.05, 4.69) is 22.4 Å². The van der Waals surface area contributed by atoms with Crippen molar-refractivity contribution >= 4 is 0 Å². The van der Waals surface area contributed by atoms with Gasteiger partial charge in [0.15, 0.2) is 0 Å². The number of hydrogen-bond acceptors (Lipinski definition) is 3. The molecule has 3 heteroatoms. The molecule has 0 aromatic rings. The highest BCUT2D eigenvalue weighted by molar-refractivity contribution is 5.10. The molecule has 17 heavy (non-hydrogen) atoms. The fraction of sp³-hybridized carbons (Fsp3) is 0.857. The molecule has 3 aliphatic rings. The first-order valence-corrected chi connectivity index (χ1v) is 7.21. The minimum atomic E-state index is 0.205. The zero-order valence-corrected chi connectivity index (χ0v) is 10.7. The Hall–Kier alpha value is -0.380. The second-order valence-corrected chi connectivity index (χ2v) is 5.94. The van der Waals surface area contributed by atoms with Crippen LogP contribution in [-0.2, 0) is 0 Å². The van der Waals surface area contributed by atoms with E-state index in [1.165, 1.54) is 51.6 Å². The molecule has 3 N–H and O–H groups in total. The van der Waals surface area contributed by atoms with Gasteiger partial charge in [0.1, 0.15) is 0 Å². The Morgan fingerprint density at radius 2 is 2.06 bits per heavy atom. The smallest absolute Gasteiger partial charge is 0.0475 e. The van der Waals surface area contributed by atoms with Gasteiger partial charge in [0, 0.05) is 30.7 Å². The van der Waals surface area contributed by atoms with Crippen molar-refractivity contribution < 1.29 is 0 Å². The van der Waals surface area contributed by atoms with Crippen molar-refractivity contribution in [3.63, 3.8) is 0 Å². The molecule has 2 aliphatic heterocycles. The lowest BCUT2D eigenvalue weighted by Crippen LogP contribution is -2.62. The van der Waals surface area contributed by atoms with Crippen LogP contribution in [0.15, 0.2) is 12.2 Å². The molecule has 2 atom stereocenters. The molecule has 2 fully saturated rings. The topological polar surface area (TPSA) is 41.3 Å². The van der Waals surface area contributed by atoms with Gasteiger partial charge in [0.25, 0.3) is 0 Å². The fourth-order valence-corrected chi connectivity index (χ4v) is 4.00. The summed E-state index contributed by atoms with van der Waals surface area (Å²) >= 11 is 0. The molecule has 0 aromatic heterocycles. The Balaban J connectivity index is 1.72. The third-order valence-electron chi connectivity index (χ3n) is 4.96. The maximum absolute atomic E-state index is 6.14. The highest BCUT2D eigenvalue weighted by atomic mass is 15.3. The maximum Gasteiger partial charge on any atom is 0.0475 e. The maximum atomic E-state index is 6.14. The van der Waals surface area contributed by atoms with Gasteiger partial charge in [0.2, 0.25) is 0 Å². The highest BCUT2D eigenvalue weighted by Gasteiger charge is 2.47. The van der Waals surface area contributed by atoms with Gasteiger partial charge in [-0.25, -0.2) is 0 Å². The average molecular weight is 235 g/mol. The summed E-state index contributed by atoms with van der Waals surface area (Å²) in [6, 6.07) is 1.34. The van der Waals surface area contributed by atoms with Crippen molar-refractivity contribution in [2.45, 2.75) is 56.1 Å². The number of hydrogen-bond donors (Lipinski definition) is 2. The highest BCUT2D eigenvalue weighted by Crippen LogP contribution is 2.35. The third kappa shape index (κ3) is 2.05. The quantitative estimate of drug-likeness (QED) is 0.723. The van der Waals surface area contributed by atoms with E-state index in [1.807, 2.05) is 0 Å². The molecular formula is C14H25N3. The van der Waals surface area contributed by atoms with E-state index < -0.39 is 0 Å². The Bertz CT molecular complexity index is 294. The Morgan fingerprint density at radius 3 is 2.82 bits per heavy atom. The number of nitrogens with one attached hydrogen (secondary N) is 1. The zero-order chi connectivity index (χ0) is 11.7. The summed E-state index contributed by atoms with van der Waals surface area (Å²) in [6.07, 6.45) is 12.3. The number of piperidine rings is 1. The van der Waals surface area contributed by atoms with Crippen LogP contribution in [0.2, 0.25) is 0 Å². The largest absolute Gasteiger partial charge is 0.329 e. The Morgan fingerprint density at radius 1 is 1.24 bits per heavy atom. The second-order valence-electron chi connectivity index (χ2n) is 5.94. The van der Waals surface area contributed by atoms with Crippen molar-refractivity contribution in [2.75, 3.05) is 19.6 Å². The van der Waals surface area contributed by atoms with Crippen LogP contribution in [0.1, 0.15) is 38.5 Å². The second kappa shape index (κ2) is 4.71. The first-order valence-electron chi connectivity index (χ1n) is 7.21. The van der Waals surface area contributed by atoms with Gasteiger partial charge in [-0.2, -0.15) is 0 Å². The minimum absolute atomic E-state index is 0.205. The van der Waals surface area contributed by atoms with E-state index in [4.69, 9.17) is 5.73 Å². The van der Waals surface area contributed by atoms with Gasteiger partial charge in [-0.1, -0.05) is 18.6 Å². The molecule has 0 amide bonds. The van der Waals surface area contributed by atoms with Gasteiger partial charge in [0.05, 0.1) is 0 Å². The standard InChI is InChI=1S/C14H25N3/c15-11-14(16-12-5-1-2-6-12)8-10-17-9-4-3-7-13(14)17/h1-2,12-13,16H,3-11,15H2. The fourth-order valence-electron chi connectivity index (χ4n) is 4.00. The van der Waals surface area contributed by atoms with E-state index >= 15 is 0 Å². The predicted molar refractivity (Wildman–Crippen MR) is 70.9 cm³/mol. The average Bonchev–Trinajstić information content (AvgIpc) is 2.99. The normalized spacial score (nSPS) is 38.8. The molecule has 0 aromatic carbocycles. The molecule has 2 heterocycles. The molecular weight excluding hydrogens is 210 g/mol. The Labute approximate surface area is 104 Å². The summed E-state index contributed by atoms with van der Waals surface area (Å²) in [4.78, 5) is 2.67. The van der Waals surface area contributed by atoms with E-state index in [0.29, 0.717) is 12.1 Å². The summed E-state index contributed by atoms with van der Waals surface area (Å²) in [5.74, 6) is 0. The SMILES string of the molecule is NCC1(NC2CC=CC2)CCN2CCCCC21. The van der Waals surface area contributed by atoms with Gasteiger partial charge in [-0.15, -0.1) is 0 Å². The number of nitrogens with two attached hydrogens (primary N) is 1. The summed E-state index contributed by atoms with van der Waals surface area (Å²) in [5, 5.41) is 3.91. The van der Waals surface area contributed by atoms with Crippen molar-refractivity contribution in [1.82, 2.24) is 10.2 Å². The van der Waals surface area contributed by atoms with Crippen molar-refractivity contribution in [1.29, 1.82) is 0 Å². The molecule has 2 unspecified atom stereocenters. The molecule has 3 rings (SSSR count). The van der Waals surface area contributed by atoms with Crippen LogP contribution < -0.4 is 11.1 Å². The summed E-state index contributed by atoms with van der Waals surface area (Å²) in [7, 11) is 0. The number of nitrogens with zero attached hydrogens (tertiary/aromatic N) is 1. The molecule has 0 spiro atoms. The summed E-state index contributed by atoms with van der Waals surface area (Å²) in [5.41, 5.74) is 6.35. The van der Waals surface area contributed by atoms with Gasteiger partial charge in [-0.3, -0.25) is 4.90 Å². The molecule has 2 saturated heterocycles. The summed E-state index contributed by atoms with van der Waals surface area (Å²) < 4.78 is 0. The predicted octanol–water partition coefficient (Wildman–Crippen LogP) is 1.25. The summed E-state index contributed by atoms with van der Waals surface area (Å²) in [6.45, 7) is 3.33. The van der Waals surface area contributed by atoms with Gasteiger partial charge >= 0.3 is 0 Å².